The van der Waals surface area contributed by atoms with Gasteiger partial charge in [0.05, 0.1) is 16.9 Å². The van der Waals surface area contributed by atoms with Crippen LogP contribution in [0.15, 0.2) is 33.6 Å². The van der Waals surface area contributed by atoms with Gasteiger partial charge in [-0.15, -0.1) is 0 Å². The number of aryl methyl sites for hydroxylation is 1. The maximum atomic E-state index is 12.1. The smallest absolute Gasteiger partial charge is 0.258 e. The Morgan fingerprint density at radius 1 is 1.33 bits per heavy atom. The molecule has 0 aliphatic carbocycles. The third-order valence-electron chi connectivity index (χ3n) is 4.50. The molecule has 1 saturated heterocycles. The number of aromatic nitrogens is 4. The average Bonchev–Trinajstić information content (AvgIpc) is 3.21. The Morgan fingerprint density at radius 3 is 3.04 bits per heavy atom. The molecule has 7 heteroatoms. The molecule has 24 heavy (non-hydrogen) atoms. The number of nitrogens with one attached hydrogen (secondary N) is 1. The lowest BCUT2D eigenvalue weighted by molar-refractivity contribution is 0.244. The van der Waals surface area contributed by atoms with Crippen molar-refractivity contribution >= 4 is 10.9 Å². The van der Waals surface area contributed by atoms with E-state index in [1.54, 1.807) is 13.0 Å². The number of hydrogen-bond donors (Lipinski definition) is 1. The molecule has 124 valence electrons. The van der Waals surface area contributed by atoms with Crippen LogP contribution in [-0.4, -0.2) is 38.1 Å². The van der Waals surface area contributed by atoms with Gasteiger partial charge in [-0.25, -0.2) is 4.98 Å². The molecule has 7 nitrogen and oxygen atoms in total. The zero-order chi connectivity index (χ0) is 16.5. The second-order valence-corrected chi connectivity index (χ2v) is 6.15. The molecule has 0 bridgehead atoms. The number of H-pyrrole nitrogens is 1. The SMILES string of the molecule is Cc1nc(C2CCCN2CCc2nc3ccccc3c(=O)[nH]2)no1. The summed E-state index contributed by atoms with van der Waals surface area (Å²) in [6.07, 6.45) is 2.83. The highest BCUT2D eigenvalue weighted by Crippen LogP contribution is 2.29. The van der Waals surface area contributed by atoms with Crippen molar-refractivity contribution < 1.29 is 4.52 Å². The van der Waals surface area contributed by atoms with Gasteiger partial charge < -0.3 is 9.51 Å². The Kier molecular flexibility index (Phi) is 3.86. The first-order valence-electron chi connectivity index (χ1n) is 8.23. The highest BCUT2D eigenvalue weighted by Gasteiger charge is 2.29. The molecular weight excluding hydrogens is 306 g/mol. The normalized spacial score (nSPS) is 18.5. The third-order valence-corrected chi connectivity index (χ3v) is 4.50. The lowest BCUT2D eigenvalue weighted by Gasteiger charge is -2.21. The van der Waals surface area contributed by atoms with E-state index in [0.29, 0.717) is 23.5 Å². The van der Waals surface area contributed by atoms with Crippen molar-refractivity contribution in [3.63, 3.8) is 0 Å². The highest BCUT2D eigenvalue weighted by atomic mass is 16.5. The number of likely N-dealkylation sites (tertiary alicyclic amines) is 1. The van der Waals surface area contributed by atoms with Crippen LogP contribution in [0.1, 0.15) is 36.4 Å². The number of para-hydroxylation sites is 1. The second-order valence-electron chi connectivity index (χ2n) is 6.15. The first-order chi connectivity index (χ1) is 11.7. The fraction of sp³-hybridized carbons (Fsp3) is 0.412. The van der Waals surface area contributed by atoms with E-state index >= 15 is 0 Å². The van der Waals surface area contributed by atoms with E-state index in [9.17, 15) is 4.79 Å². The van der Waals surface area contributed by atoms with Gasteiger partial charge in [-0.05, 0) is 31.5 Å². The predicted octanol–water partition coefficient (Wildman–Crippen LogP) is 1.99. The number of aromatic amines is 1. The zero-order valence-corrected chi connectivity index (χ0v) is 13.5. The number of nitrogens with zero attached hydrogens (tertiary/aromatic N) is 4. The van der Waals surface area contributed by atoms with Crippen LogP contribution in [-0.2, 0) is 6.42 Å². The molecule has 0 spiro atoms. The maximum absolute atomic E-state index is 12.1. The summed E-state index contributed by atoms with van der Waals surface area (Å²) in [4.78, 5) is 26.3. The van der Waals surface area contributed by atoms with E-state index in [2.05, 4.69) is 25.0 Å². The van der Waals surface area contributed by atoms with Gasteiger partial charge in [0.1, 0.15) is 5.82 Å². The van der Waals surface area contributed by atoms with Gasteiger partial charge in [0.2, 0.25) is 5.89 Å². The minimum Gasteiger partial charge on any atom is -0.340 e. The zero-order valence-electron chi connectivity index (χ0n) is 13.5. The number of hydrogen-bond acceptors (Lipinski definition) is 6. The third kappa shape index (κ3) is 2.82. The molecule has 1 aromatic carbocycles. The Hall–Kier alpha value is -2.54. The lowest BCUT2D eigenvalue weighted by atomic mass is 10.2. The van der Waals surface area contributed by atoms with Gasteiger partial charge in [-0.1, -0.05) is 17.3 Å². The molecule has 1 atom stereocenters. The Labute approximate surface area is 138 Å². The second kappa shape index (κ2) is 6.16. The van der Waals surface area contributed by atoms with Crippen LogP contribution >= 0.6 is 0 Å². The van der Waals surface area contributed by atoms with E-state index in [1.807, 2.05) is 18.2 Å². The Balaban J connectivity index is 1.51. The molecule has 0 amide bonds. The van der Waals surface area contributed by atoms with Gasteiger partial charge in [0, 0.05) is 19.9 Å². The van der Waals surface area contributed by atoms with Crippen LogP contribution in [0.2, 0.25) is 0 Å². The molecule has 3 aromatic rings. The lowest BCUT2D eigenvalue weighted by Crippen LogP contribution is -2.27. The topological polar surface area (TPSA) is 87.9 Å². The van der Waals surface area contributed by atoms with Crippen molar-refractivity contribution in [3.8, 4) is 0 Å². The Morgan fingerprint density at radius 2 is 2.21 bits per heavy atom. The molecule has 1 N–H and O–H groups in total. The fourth-order valence-corrected chi connectivity index (χ4v) is 3.34. The summed E-state index contributed by atoms with van der Waals surface area (Å²) >= 11 is 0. The molecule has 3 heterocycles. The summed E-state index contributed by atoms with van der Waals surface area (Å²) in [5.74, 6) is 2.07. The van der Waals surface area contributed by atoms with Crippen LogP contribution in [0.25, 0.3) is 10.9 Å². The van der Waals surface area contributed by atoms with E-state index < -0.39 is 0 Å². The maximum Gasteiger partial charge on any atom is 0.258 e. The van der Waals surface area contributed by atoms with Crippen LogP contribution < -0.4 is 5.56 Å². The molecular formula is C17H19N5O2. The Bertz CT molecular complexity index is 916. The van der Waals surface area contributed by atoms with E-state index in [4.69, 9.17) is 4.52 Å². The minimum absolute atomic E-state index is 0.0811. The molecule has 1 unspecified atom stereocenters. The molecule has 0 radical (unpaired) electrons. The standard InChI is InChI=1S/C17H19N5O2/c1-11-18-16(21-24-11)14-7-4-9-22(14)10-8-15-19-13-6-3-2-5-12(13)17(23)20-15/h2-3,5-6,14H,4,7-10H2,1H3,(H,19,20,23). The van der Waals surface area contributed by atoms with Crippen LogP contribution in [0, 0.1) is 6.92 Å². The van der Waals surface area contributed by atoms with Crippen LogP contribution in [0.3, 0.4) is 0 Å². The predicted molar refractivity (Wildman–Crippen MR) is 88.7 cm³/mol. The monoisotopic (exact) mass is 325 g/mol. The summed E-state index contributed by atoms with van der Waals surface area (Å²) in [6.45, 7) is 3.61. The fourth-order valence-electron chi connectivity index (χ4n) is 3.34. The minimum atomic E-state index is -0.0811. The van der Waals surface area contributed by atoms with Crippen molar-refractivity contribution in [2.75, 3.05) is 13.1 Å². The van der Waals surface area contributed by atoms with Gasteiger partial charge in [-0.3, -0.25) is 9.69 Å². The molecule has 1 aliphatic rings. The van der Waals surface area contributed by atoms with E-state index in [-0.39, 0.29) is 11.6 Å². The highest BCUT2D eigenvalue weighted by molar-refractivity contribution is 5.77. The number of benzene rings is 1. The quantitative estimate of drug-likeness (QED) is 0.789. The summed E-state index contributed by atoms with van der Waals surface area (Å²) in [5, 5.41) is 4.68. The molecule has 2 aromatic heterocycles. The van der Waals surface area contributed by atoms with Crippen LogP contribution in [0.5, 0.6) is 0 Å². The van der Waals surface area contributed by atoms with Gasteiger partial charge >= 0.3 is 0 Å². The number of rotatable bonds is 4. The van der Waals surface area contributed by atoms with Crippen molar-refractivity contribution in [2.24, 2.45) is 0 Å². The number of fused-ring (bicyclic) bond motifs is 1. The van der Waals surface area contributed by atoms with E-state index in [1.165, 1.54) is 0 Å². The van der Waals surface area contributed by atoms with Crippen LogP contribution in [0.4, 0.5) is 0 Å². The van der Waals surface area contributed by atoms with Gasteiger partial charge in [0.15, 0.2) is 5.82 Å². The first kappa shape index (κ1) is 15.0. The van der Waals surface area contributed by atoms with Crippen molar-refractivity contribution in [3.05, 3.63) is 52.2 Å². The van der Waals surface area contributed by atoms with Gasteiger partial charge in [-0.2, -0.15) is 4.98 Å². The summed E-state index contributed by atoms with van der Waals surface area (Å²) in [6, 6.07) is 7.60. The van der Waals surface area contributed by atoms with Crippen molar-refractivity contribution in [2.45, 2.75) is 32.2 Å². The van der Waals surface area contributed by atoms with Gasteiger partial charge in [0.25, 0.3) is 5.56 Å². The molecule has 1 aliphatic heterocycles. The largest absolute Gasteiger partial charge is 0.340 e. The first-order valence-corrected chi connectivity index (χ1v) is 8.23. The molecule has 1 fully saturated rings. The summed E-state index contributed by atoms with van der Waals surface area (Å²) in [5.41, 5.74) is 0.658. The summed E-state index contributed by atoms with van der Waals surface area (Å²) < 4.78 is 5.10. The van der Waals surface area contributed by atoms with Crippen molar-refractivity contribution in [1.29, 1.82) is 0 Å². The molecule has 4 rings (SSSR count). The summed E-state index contributed by atoms with van der Waals surface area (Å²) in [7, 11) is 0. The molecule has 0 saturated carbocycles. The average molecular weight is 325 g/mol. The van der Waals surface area contributed by atoms with E-state index in [0.717, 1.165) is 37.3 Å². The van der Waals surface area contributed by atoms with Crippen molar-refractivity contribution in [1.82, 2.24) is 25.0 Å².